The fourth-order valence-corrected chi connectivity index (χ4v) is 3.55. The SMILES string of the molecule is O=C(O)[C@H]1O[C@@H](Oc2ccc(OCC(O)CNCCNC(=O)N3CCOCC3)cc2)[C@H](O)[C@@H](O)[C@@H]1O. The number of aliphatic hydroxyl groups is 4. The summed E-state index contributed by atoms with van der Waals surface area (Å²) in [5, 5.41) is 54.6. The Morgan fingerprint density at radius 1 is 1.03 bits per heavy atom. The van der Waals surface area contributed by atoms with E-state index in [0.29, 0.717) is 45.1 Å². The van der Waals surface area contributed by atoms with Crippen LogP contribution in [0.4, 0.5) is 4.79 Å². The van der Waals surface area contributed by atoms with E-state index in [4.69, 9.17) is 24.1 Å². The topological polar surface area (TPSA) is 200 Å². The monoisotopic (exact) mass is 515 g/mol. The third kappa shape index (κ3) is 7.89. The minimum atomic E-state index is -1.80. The van der Waals surface area contributed by atoms with E-state index >= 15 is 0 Å². The van der Waals surface area contributed by atoms with Gasteiger partial charge in [-0.1, -0.05) is 0 Å². The Hall–Kier alpha value is -2.72. The number of hydrogen-bond acceptors (Lipinski definition) is 11. The van der Waals surface area contributed by atoms with Gasteiger partial charge >= 0.3 is 12.0 Å². The second-order valence-electron chi connectivity index (χ2n) is 8.32. The van der Waals surface area contributed by atoms with Gasteiger partial charge in [0.1, 0.15) is 42.5 Å². The van der Waals surface area contributed by atoms with E-state index in [9.17, 15) is 30.0 Å². The number of carboxylic acids is 1. The van der Waals surface area contributed by atoms with Crippen LogP contribution in [-0.4, -0.2) is 132 Å². The number of ether oxygens (including phenoxy) is 4. The molecule has 0 bridgehead atoms. The lowest BCUT2D eigenvalue weighted by atomic mass is 9.99. The van der Waals surface area contributed by atoms with Crippen LogP contribution in [0.3, 0.4) is 0 Å². The Kier molecular flexibility index (Phi) is 10.5. The van der Waals surface area contributed by atoms with Gasteiger partial charge in [-0.05, 0) is 24.3 Å². The fourth-order valence-electron chi connectivity index (χ4n) is 3.55. The molecule has 0 radical (unpaired) electrons. The summed E-state index contributed by atoms with van der Waals surface area (Å²) in [5.41, 5.74) is 0. The zero-order valence-electron chi connectivity index (χ0n) is 19.6. The standard InChI is InChI=1S/C22H33N3O11/c26-13(11-23-5-6-24-22(32)25-7-9-33-10-8-25)12-34-14-1-3-15(4-2-14)35-21-18(29)16(27)17(28)19(36-21)20(30)31/h1-4,13,16-19,21,23,26-29H,5-12H2,(H,24,32)(H,30,31)/t13?,16-,17-,18+,19-,21+/m0/s1. The highest BCUT2D eigenvalue weighted by Crippen LogP contribution is 2.26. The van der Waals surface area contributed by atoms with Crippen molar-refractivity contribution in [1.82, 2.24) is 15.5 Å². The van der Waals surface area contributed by atoms with Gasteiger partial charge < -0.3 is 60.0 Å². The highest BCUT2D eigenvalue weighted by Gasteiger charge is 2.48. The van der Waals surface area contributed by atoms with Crippen molar-refractivity contribution in [3.63, 3.8) is 0 Å². The molecule has 1 aromatic rings. The summed E-state index contributed by atoms with van der Waals surface area (Å²) in [6.45, 7) is 3.35. The number of nitrogens with zero attached hydrogens (tertiary/aromatic N) is 1. The van der Waals surface area contributed by atoms with Crippen LogP contribution in [0.25, 0.3) is 0 Å². The third-order valence-corrected chi connectivity index (χ3v) is 5.59. The van der Waals surface area contributed by atoms with Crippen LogP contribution in [0.1, 0.15) is 0 Å². The molecule has 1 aromatic carbocycles. The van der Waals surface area contributed by atoms with E-state index in [1.165, 1.54) is 24.3 Å². The molecule has 2 fully saturated rings. The molecular weight excluding hydrogens is 482 g/mol. The second kappa shape index (κ2) is 13.5. The predicted octanol–water partition coefficient (Wildman–Crippen LogP) is -2.67. The average molecular weight is 516 g/mol. The first-order chi connectivity index (χ1) is 17.3. The highest BCUT2D eigenvalue weighted by molar-refractivity contribution is 5.74. The number of benzene rings is 1. The molecule has 36 heavy (non-hydrogen) atoms. The zero-order chi connectivity index (χ0) is 26.1. The van der Waals surface area contributed by atoms with E-state index in [2.05, 4.69) is 10.6 Å². The number of hydrogen-bond donors (Lipinski definition) is 7. The van der Waals surface area contributed by atoms with Gasteiger partial charge in [-0.2, -0.15) is 0 Å². The van der Waals surface area contributed by atoms with E-state index in [1.54, 1.807) is 4.90 Å². The average Bonchev–Trinajstić information content (AvgIpc) is 2.88. The van der Waals surface area contributed by atoms with Crippen molar-refractivity contribution in [3.8, 4) is 11.5 Å². The third-order valence-electron chi connectivity index (χ3n) is 5.59. The Balaban J connectivity index is 1.33. The van der Waals surface area contributed by atoms with Gasteiger partial charge in [0.2, 0.25) is 6.29 Å². The Morgan fingerprint density at radius 3 is 2.36 bits per heavy atom. The number of carboxylic acid groups (broad SMARTS) is 1. The molecule has 1 unspecified atom stereocenters. The molecule has 3 rings (SSSR count). The smallest absolute Gasteiger partial charge is 0.335 e. The number of morpholine rings is 1. The van der Waals surface area contributed by atoms with Crippen LogP contribution in [-0.2, 0) is 14.3 Å². The quantitative estimate of drug-likeness (QED) is 0.151. The fraction of sp³-hybridized carbons (Fsp3) is 0.636. The summed E-state index contributed by atoms with van der Waals surface area (Å²) < 4.78 is 21.2. The molecule has 6 atom stereocenters. The molecule has 2 aliphatic heterocycles. The molecule has 0 aliphatic carbocycles. The predicted molar refractivity (Wildman–Crippen MR) is 122 cm³/mol. The number of aliphatic hydroxyl groups excluding tert-OH is 4. The van der Waals surface area contributed by atoms with Gasteiger partial charge in [0.15, 0.2) is 6.10 Å². The summed E-state index contributed by atoms with van der Waals surface area (Å²) in [6, 6.07) is 5.87. The van der Waals surface area contributed by atoms with Crippen LogP contribution in [0.5, 0.6) is 11.5 Å². The lowest BCUT2D eigenvalue weighted by Crippen LogP contribution is -2.61. The molecule has 14 heteroatoms. The van der Waals surface area contributed by atoms with Crippen molar-refractivity contribution in [3.05, 3.63) is 24.3 Å². The van der Waals surface area contributed by atoms with Gasteiger partial charge in [0.25, 0.3) is 0 Å². The molecule has 2 saturated heterocycles. The number of carbonyl (C=O) groups is 2. The zero-order valence-corrected chi connectivity index (χ0v) is 19.6. The van der Waals surface area contributed by atoms with Gasteiger partial charge in [-0.15, -0.1) is 0 Å². The first-order valence-electron chi connectivity index (χ1n) is 11.6. The van der Waals surface area contributed by atoms with E-state index in [-0.39, 0.29) is 24.9 Å². The lowest BCUT2D eigenvalue weighted by molar-refractivity contribution is -0.271. The number of aliphatic carboxylic acids is 1. The van der Waals surface area contributed by atoms with Crippen molar-refractivity contribution in [2.24, 2.45) is 0 Å². The first kappa shape index (κ1) is 27.9. The molecule has 14 nitrogen and oxygen atoms in total. The molecule has 0 spiro atoms. The van der Waals surface area contributed by atoms with Gasteiger partial charge in [-0.25, -0.2) is 9.59 Å². The van der Waals surface area contributed by atoms with Crippen molar-refractivity contribution in [2.75, 3.05) is 52.5 Å². The molecule has 0 aromatic heterocycles. The van der Waals surface area contributed by atoms with Crippen molar-refractivity contribution >= 4 is 12.0 Å². The molecule has 202 valence electrons. The molecule has 2 heterocycles. The van der Waals surface area contributed by atoms with Crippen molar-refractivity contribution in [2.45, 2.75) is 36.8 Å². The van der Waals surface area contributed by atoms with Crippen LogP contribution in [0.2, 0.25) is 0 Å². The Bertz CT molecular complexity index is 837. The van der Waals surface area contributed by atoms with E-state index in [1.807, 2.05) is 0 Å². The Labute approximate surface area is 207 Å². The molecule has 7 N–H and O–H groups in total. The Morgan fingerprint density at radius 2 is 1.69 bits per heavy atom. The molecule has 2 amide bonds. The number of nitrogens with one attached hydrogen (secondary N) is 2. The maximum absolute atomic E-state index is 12.0. The van der Waals surface area contributed by atoms with Gasteiger partial charge in [-0.3, -0.25) is 0 Å². The van der Waals surface area contributed by atoms with Crippen molar-refractivity contribution in [1.29, 1.82) is 0 Å². The normalized spacial score (nSPS) is 27.2. The minimum Gasteiger partial charge on any atom is -0.491 e. The largest absolute Gasteiger partial charge is 0.491 e. The van der Waals surface area contributed by atoms with Crippen LogP contribution < -0.4 is 20.1 Å². The summed E-state index contributed by atoms with van der Waals surface area (Å²) >= 11 is 0. The molecule has 0 saturated carbocycles. The molecular formula is C22H33N3O11. The molecule has 2 aliphatic rings. The maximum Gasteiger partial charge on any atom is 0.335 e. The number of amides is 2. The second-order valence-corrected chi connectivity index (χ2v) is 8.32. The lowest BCUT2D eigenvalue weighted by Gasteiger charge is -2.38. The van der Waals surface area contributed by atoms with E-state index in [0.717, 1.165) is 0 Å². The first-order valence-corrected chi connectivity index (χ1v) is 11.6. The van der Waals surface area contributed by atoms with Gasteiger partial charge in [0, 0.05) is 32.7 Å². The minimum absolute atomic E-state index is 0.00215. The summed E-state index contributed by atoms with van der Waals surface area (Å²) in [6.07, 6.45) is -9.30. The number of urea groups is 1. The van der Waals surface area contributed by atoms with E-state index < -0.39 is 42.8 Å². The van der Waals surface area contributed by atoms with Crippen LogP contribution >= 0.6 is 0 Å². The highest BCUT2D eigenvalue weighted by atomic mass is 16.7. The number of carbonyl (C=O) groups excluding carboxylic acids is 1. The van der Waals surface area contributed by atoms with Crippen LogP contribution in [0.15, 0.2) is 24.3 Å². The number of rotatable bonds is 11. The summed E-state index contributed by atoms with van der Waals surface area (Å²) in [7, 11) is 0. The van der Waals surface area contributed by atoms with Gasteiger partial charge in [0.05, 0.1) is 13.2 Å². The summed E-state index contributed by atoms with van der Waals surface area (Å²) in [4.78, 5) is 24.8. The summed E-state index contributed by atoms with van der Waals surface area (Å²) in [5.74, 6) is -0.889. The maximum atomic E-state index is 12.0. The van der Waals surface area contributed by atoms with Crippen molar-refractivity contribution < 1.29 is 54.1 Å². The van der Waals surface area contributed by atoms with Crippen LogP contribution in [0, 0.1) is 0 Å².